The lowest BCUT2D eigenvalue weighted by Crippen LogP contribution is -2.42. The molecule has 0 fully saturated rings. The third kappa shape index (κ3) is 3.36. The van der Waals surface area contributed by atoms with Crippen LogP contribution in [0.3, 0.4) is 0 Å². The highest BCUT2D eigenvalue weighted by Crippen LogP contribution is 2.43. The van der Waals surface area contributed by atoms with Gasteiger partial charge >= 0.3 is 0 Å². The molecular weight excluding hydrogens is 358 g/mol. The summed E-state index contributed by atoms with van der Waals surface area (Å²) in [5.41, 5.74) is -0.369. The smallest absolute Gasteiger partial charge is 0.264 e. The third-order valence-electron chi connectivity index (χ3n) is 5.10. The molecule has 1 aliphatic rings. The van der Waals surface area contributed by atoms with Gasteiger partial charge in [0.05, 0.1) is 26.3 Å². The van der Waals surface area contributed by atoms with Gasteiger partial charge in [0.25, 0.3) is 5.91 Å². The molecule has 0 aliphatic carbocycles. The van der Waals surface area contributed by atoms with Crippen LogP contribution >= 0.6 is 0 Å². The minimum Gasteiger partial charge on any atom is -0.493 e. The highest BCUT2D eigenvalue weighted by atomic mass is 16.5. The summed E-state index contributed by atoms with van der Waals surface area (Å²) in [4.78, 5) is 27.6. The molecule has 0 unspecified atom stereocenters. The van der Waals surface area contributed by atoms with Crippen LogP contribution in [0.4, 0.5) is 5.69 Å². The molecule has 3 rings (SSSR count). The molecule has 6 heteroatoms. The van der Waals surface area contributed by atoms with E-state index in [-0.39, 0.29) is 12.2 Å². The van der Waals surface area contributed by atoms with Crippen LogP contribution in [0.2, 0.25) is 0 Å². The van der Waals surface area contributed by atoms with E-state index in [1.165, 1.54) is 14.2 Å². The van der Waals surface area contributed by atoms with Gasteiger partial charge in [-0.25, -0.2) is 0 Å². The zero-order chi connectivity index (χ0) is 20.3. The third-order valence-corrected chi connectivity index (χ3v) is 5.10. The standard InChI is InChI=1S/C22H25NO5/c1-4-5-12-23-17-9-7-6-8-16(17)22(26,21(23)25)14-18(24)15-10-11-19(27-2)20(13-15)28-3/h6-11,13,26H,4-5,12,14H2,1-3H3/t22-/m1/s1. The average Bonchev–Trinajstić information content (AvgIpc) is 2.93. The van der Waals surface area contributed by atoms with Crippen LogP contribution in [-0.4, -0.2) is 37.6 Å². The summed E-state index contributed by atoms with van der Waals surface area (Å²) in [6, 6.07) is 11.9. The summed E-state index contributed by atoms with van der Waals surface area (Å²) >= 11 is 0. The molecule has 2 aromatic carbocycles. The van der Waals surface area contributed by atoms with Crippen LogP contribution in [0.5, 0.6) is 11.5 Å². The van der Waals surface area contributed by atoms with Crippen LogP contribution in [0.15, 0.2) is 42.5 Å². The maximum atomic E-state index is 13.1. The molecule has 148 valence electrons. The van der Waals surface area contributed by atoms with Gasteiger partial charge in [-0.3, -0.25) is 9.59 Å². The Labute approximate surface area is 164 Å². The molecule has 1 amide bonds. The van der Waals surface area contributed by atoms with Crippen molar-refractivity contribution in [3.8, 4) is 11.5 Å². The van der Waals surface area contributed by atoms with Crippen molar-refractivity contribution in [1.82, 2.24) is 0 Å². The predicted octanol–water partition coefficient (Wildman–Crippen LogP) is 3.31. The number of Topliss-reactive ketones (excluding diaryl/α,β-unsaturated/α-hetero) is 1. The van der Waals surface area contributed by atoms with E-state index in [1.807, 2.05) is 19.1 Å². The minimum absolute atomic E-state index is 0.332. The zero-order valence-corrected chi connectivity index (χ0v) is 16.4. The number of unbranched alkanes of at least 4 members (excludes halogenated alkanes) is 1. The summed E-state index contributed by atoms with van der Waals surface area (Å²) < 4.78 is 10.4. The topological polar surface area (TPSA) is 76.1 Å². The lowest BCUT2D eigenvalue weighted by atomic mass is 9.88. The molecule has 1 atom stereocenters. The van der Waals surface area contributed by atoms with Crippen molar-refractivity contribution in [2.45, 2.75) is 31.8 Å². The minimum atomic E-state index is -1.87. The molecular formula is C22H25NO5. The first-order valence-electron chi connectivity index (χ1n) is 9.35. The molecule has 1 aliphatic heterocycles. The van der Waals surface area contributed by atoms with E-state index < -0.39 is 11.5 Å². The second-order valence-electron chi connectivity index (χ2n) is 6.86. The van der Waals surface area contributed by atoms with Crippen molar-refractivity contribution < 1.29 is 24.2 Å². The largest absolute Gasteiger partial charge is 0.493 e. The lowest BCUT2D eigenvalue weighted by molar-refractivity contribution is -0.135. The SMILES string of the molecule is CCCCN1C(=O)[C@@](O)(CC(=O)c2ccc(OC)c(OC)c2)c2ccccc21. The summed E-state index contributed by atoms with van der Waals surface area (Å²) in [5, 5.41) is 11.3. The van der Waals surface area contributed by atoms with Crippen molar-refractivity contribution >= 4 is 17.4 Å². The van der Waals surface area contributed by atoms with E-state index in [1.54, 1.807) is 35.2 Å². The second-order valence-corrected chi connectivity index (χ2v) is 6.86. The van der Waals surface area contributed by atoms with E-state index >= 15 is 0 Å². The number of anilines is 1. The van der Waals surface area contributed by atoms with Gasteiger partial charge in [-0.05, 0) is 30.7 Å². The van der Waals surface area contributed by atoms with Gasteiger partial charge in [0, 0.05) is 17.7 Å². The Bertz CT molecular complexity index is 894. The monoisotopic (exact) mass is 383 g/mol. The fourth-order valence-corrected chi connectivity index (χ4v) is 3.56. The van der Waals surface area contributed by atoms with Crippen molar-refractivity contribution in [2.75, 3.05) is 25.7 Å². The molecule has 0 spiro atoms. The Balaban J connectivity index is 1.92. The summed E-state index contributed by atoms with van der Waals surface area (Å²) in [5.74, 6) is 0.133. The average molecular weight is 383 g/mol. The highest BCUT2D eigenvalue weighted by Gasteiger charge is 2.50. The fourth-order valence-electron chi connectivity index (χ4n) is 3.56. The van der Waals surface area contributed by atoms with Crippen molar-refractivity contribution in [2.24, 2.45) is 0 Å². The van der Waals surface area contributed by atoms with Crippen molar-refractivity contribution in [1.29, 1.82) is 0 Å². The number of rotatable bonds is 8. The van der Waals surface area contributed by atoms with Crippen LogP contribution in [0.1, 0.15) is 42.1 Å². The molecule has 0 radical (unpaired) electrons. The Hall–Kier alpha value is -2.86. The number of ketones is 1. The van der Waals surface area contributed by atoms with E-state index in [0.29, 0.717) is 34.9 Å². The van der Waals surface area contributed by atoms with Gasteiger partial charge in [-0.1, -0.05) is 31.5 Å². The Kier molecular flexibility index (Phi) is 5.70. The van der Waals surface area contributed by atoms with Gasteiger partial charge in [0.2, 0.25) is 0 Å². The number of amides is 1. The van der Waals surface area contributed by atoms with Crippen LogP contribution < -0.4 is 14.4 Å². The van der Waals surface area contributed by atoms with Crippen molar-refractivity contribution in [3.05, 3.63) is 53.6 Å². The number of carbonyl (C=O) groups is 2. The van der Waals surface area contributed by atoms with Gasteiger partial charge in [0.1, 0.15) is 0 Å². The maximum absolute atomic E-state index is 13.1. The van der Waals surface area contributed by atoms with E-state index in [4.69, 9.17) is 9.47 Å². The Morgan fingerprint density at radius 1 is 1.11 bits per heavy atom. The van der Waals surface area contributed by atoms with E-state index in [0.717, 1.165) is 12.8 Å². The molecule has 0 bridgehead atoms. The predicted molar refractivity (Wildman–Crippen MR) is 106 cm³/mol. The molecule has 0 saturated heterocycles. The molecule has 2 aromatic rings. The normalized spacial score (nSPS) is 18.1. The number of methoxy groups -OCH3 is 2. The molecule has 28 heavy (non-hydrogen) atoms. The quantitative estimate of drug-likeness (QED) is 0.708. The van der Waals surface area contributed by atoms with E-state index in [2.05, 4.69) is 0 Å². The fraction of sp³-hybridized carbons (Fsp3) is 0.364. The number of nitrogens with zero attached hydrogens (tertiary/aromatic N) is 1. The van der Waals surface area contributed by atoms with Gasteiger partial charge in [-0.15, -0.1) is 0 Å². The lowest BCUT2D eigenvalue weighted by Gasteiger charge is -2.23. The number of benzene rings is 2. The Morgan fingerprint density at radius 3 is 2.50 bits per heavy atom. The number of hydrogen-bond acceptors (Lipinski definition) is 5. The van der Waals surface area contributed by atoms with E-state index in [9.17, 15) is 14.7 Å². The number of ether oxygens (including phenoxy) is 2. The molecule has 1 N–H and O–H groups in total. The zero-order valence-electron chi connectivity index (χ0n) is 16.4. The van der Waals surface area contributed by atoms with Gasteiger partial charge in [0.15, 0.2) is 22.9 Å². The van der Waals surface area contributed by atoms with Crippen molar-refractivity contribution in [3.63, 3.8) is 0 Å². The molecule has 6 nitrogen and oxygen atoms in total. The highest BCUT2D eigenvalue weighted by molar-refractivity contribution is 6.10. The first-order valence-corrected chi connectivity index (χ1v) is 9.35. The van der Waals surface area contributed by atoms with Crippen LogP contribution in [0.25, 0.3) is 0 Å². The summed E-state index contributed by atoms with van der Waals surface area (Å²) in [6.45, 7) is 2.55. The number of fused-ring (bicyclic) bond motifs is 1. The molecule has 0 aromatic heterocycles. The first-order chi connectivity index (χ1) is 13.5. The van der Waals surface area contributed by atoms with Crippen LogP contribution in [-0.2, 0) is 10.4 Å². The summed E-state index contributed by atoms with van der Waals surface area (Å²) in [7, 11) is 3.00. The van der Waals surface area contributed by atoms with Gasteiger partial charge < -0.3 is 19.5 Å². The molecule has 1 heterocycles. The number of hydrogen-bond donors (Lipinski definition) is 1. The summed E-state index contributed by atoms with van der Waals surface area (Å²) in [6.07, 6.45) is 1.41. The number of para-hydroxylation sites is 1. The van der Waals surface area contributed by atoms with Crippen LogP contribution in [0, 0.1) is 0 Å². The maximum Gasteiger partial charge on any atom is 0.264 e. The Morgan fingerprint density at radius 2 is 1.82 bits per heavy atom. The number of aliphatic hydroxyl groups is 1. The second kappa shape index (κ2) is 8.02. The first kappa shape index (κ1) is 19.9. The number of carbonyl (C=O) groups excluding carboxylic acids is 2. The van der Waals surface area contributed by atoms with Gasteiger partial charge in [-0.2, -0.15) is 0 Å². The molecule has 0 saturated carbocycles.